The minimum absolute atomic E-state index is 0.504. The minimum Gasteiger partial charge on any atom is -0.330 e. The van der Waals surface area contributed by atoms with Crippen LogP contribution < -0.4 is 5.73 Å². The van der Waals surface area contributed by atoms with Gasteiger partial charge >= 0.3 is 0 Å². The molecule has 1 atom stereocenters. The quantitative estimate of drug-likeness (QED) is 0.733. The Labute approximate surface area is 130 Å². The van der Waals surface area contributed by atoms with Gasteiger partial charge in [0.15, 0.2) is 0 Å². The van der Waals surface area contributed by atoms with Crippen molar-refractivity contribution in [2.45, 2.75) is 19.8 Å². The molecule has 0 amide bonds. The Bertz CT molecular complexity index is 729. The summed E-state index contributed by atoms with van der Waals surface area (Å²) >= 11 is 1.83. The standard InChI is InChI=1S/C19H21NS/c1-14-5-4-6-15(9-14)10-16(12-20)11-17-13-21-19-8-3-2-7-18(17)19/h2-9,13,16H,10-12,20H2,1H3. The average molecular weight is 295 g/mol. The van der Waals surface area contributed by atoms with Crippen molar-refractivity contribution >= 4 is 21.4 Å². The number of hydrogen-bond donors (Lipinski definition) is 1. The Balaban J connectivity index is 1.78. The van der Waals surface area contributed by atoms with Gasteiger partial charge < -0.3 is 5.73 Å². The van der Waals surface area contributed by atoms with Gasteiger partial charge in [0, 0.05) is 4.70 Å². The molecule has 1 heterocycles. The highest BCUT2D eigenvalue weighted by molar-refractivity contribution is 7.17. The van der Waals surface area contributed by atoms with Gasteiger partial charge in [0.1, 0.15) is 0 Å². The van der Waals surface area contributed by atoms with E-state index in [1.165, 1.54) is 26.8 Å². The van der Waals surface area contributed by atoms with Gasteiger partial charge in [-0.2, -0.15) is 0 Å². The van der Waals surface area contributed by atoms with Gasteiger partial charge in [0.05, 0.1) is 0 Å². The molecular weight excluding hydrogens is 274 g/mol. The number of hydrogen-bond acceptors (Lipinski definition) is 2. The molecule has 0 saturated carbocycles. The van der Waals surface area contributed by atoms with Crippen LogP contribution in [0.3, 0.4) is 0 Å². The van der Waals surface area contributed by atoms with E-state index in [1.807, 2.05) is 11.3 Å². The van der Waals surface area contributed by atoms with Crippen LogP contribution in [0.1, 0.15) is 16.7 Å². The summed E-state index contributed by atoms with van der Waals surface area (Å²) < 4.78 is 1.37. The van der Waals surface area contributed by atoms with Crippen LogP contribution in [0, 0.1) is 12.8 Å². The molecule has 2 heteroatoms. The molecule has 0 radical (unpaired) electrons. The molecule has 2 aromatic carbocycles. The average Bonchev–Trinajstić information content (AvgIpc) is 2.90. The molecular formula is C19H21NS. The normalized spacial score (nSPS) is 12.7. The predicted molar refractivity (Wildman–Crippen MR) is 93.0 cm³/mol. The molecule has 0 aliphatic heterocycles. The SMILES string of the molecule is Cc1cccc(CC(CN)Cc2csc3ccccc23)c1. The molecule has 1 nitrogen and oxygen atoms in total. The zero-order valence-electron chi connectivity index (χ0n) is 12.4. The second-order valence-electron chi connectivity index (χ2n) is 5.76. The highest BCUT2D eigenvalue weighted by Gasteiger charge is 2.12. The summed E-state index contributed by atoms with van der Waals surface area (Å²) in [6.07, 6.45) is 2.12. The molecule has 2 N–H and O–H groups in total. The first-order chi connectivity index (χ1) is 10.3. The van der Waals surface area contributed by atoms with Crippen molar-refractivity contribution in [1.29, 1.82) is 0 Å². The molecule has 3 rings (SSSR count). The van der Waals surface area contributed by atoms with E-state index in [0.29, 0.717) is 5.92 Å². The van der Waals surface area contributed by atoms with Crippen molar-refractivity contribution in [1.82, 2.24) is 0 Å². The first kappa shape index (κ1) is 14.3. The van der Waals surface area contributed by atoms with E-state index in [2.05, 4.69) is 60.8 Å². The van der Waals surface area contributed by atoms with Crippen LogP contribution in [0.2, 0.25) is 0 Å². The smallest absolute Gasteiger partial charge is 0.0345 e. The van der Waals surface area contributed by atoms with Crippen LogP contribution in [-0.4, -0.2) is 6.54 Å². The second kappa shape index (κ2) is 6.42. The Morgan fingerprint density at radius 1 is 1.05 bits per heavy atom. The maximum atomic E-state index is 6.02. The van der Waals surface area contributed by atoms with Gasteiger partial charge in [0.25, 0.3) is 0 Å². The molecule has 1 unspecified atom stereocenters. The number of fused-ring (bicyclic) bond motifs is 1. The topological polar surface area (TPSA) is 26.0 Å². The molecule has 21 heavy (non-hydrogen) atoms. The van der Waals surface area contributed by atoms with Crippen molar-refractivity contribution in [3.8, 4) is 0 Å². The Morgan fingerprint density at radius 3 is 2.71 bits per heavy atom. The second-order valence-corrected chi connectivity index (χ2v) is 6.67. The zero-order valence-corrected chi connectivity index (χ0v) is 13.2. The lowest BCUT2D eigenvalue weighted by Crippen LogP contribution is -2.19. The molecule has 0 bridgehead atoms. The summed E-state index contributed by atoms with van der Waals surface area (Å²) in [6, 6.07) is 17.4. The van der Waals surface area contributed by atoms with Crippen molar-refractivity contribution in [2.24, 2.45) is 11.7 Å². The monoisotopic (exact) mass is 295 g/mol. The lowest BCUT2D eigenvalue weighted by Gasteiger charge is -2.15. The van der Waals surface area contributed by atoms with Crippen molar-refractivity contribution in [3.63, 3.8) is 0 Å². The van der Waals surface area contributed by atoms with Crippen LogP contribution in [0.25, 0.3) is 10.1 Å². The third kappa shape index (κ3) is 3.34. The number of thiophene rings is 1. The van der Waals surface area contributed by atoms with E-state index in [0.717, 1.165) is 19.4 Å². The van der Waals surface area contributed by atoms with Gasteiger partial charge in [-0.1, -0.05) is 48.0 Å². The molecule has 0 aliphatic carbocycles. The fraction of sp³-hybridized carbons (Fsp3) is 0.263. The number of rotatable bonds is 5. The maximum absolute atomic E-state index is 6.02. The number of nitrogens with two attached hydrogens (primary N) is 1. The lowest BCUT2D eigenvalue weighted by molar-refractivity contribution is 0.535. The fourth-order valence-electron chi connectivity index (χ4n) is 2.91. The van der Waals surface area contributed by atoms with Crippen LogP contribution in [-0.2, 0) is 12.8 Å². The summed E-state index contributed by atoms with van der Waals surface area (Å²) in [5.74, 6) is 0.504. The number of benzene rings is 2. The highest BCUT2D eigenvalue weighted by Crippen LogP contribution is 2.28. The number of aryl methyl sites for hydroxylation is 1. The van der Waals surface area contributed by atoms with Crippen LogP contribution >= 0.6 is 11.3 Å². The van der Waals surface area contributed by atoms with Gasteiger partial charge in [-0.3, -0.25) is 0 Å². The molecule has 3 aromatic rings. The largest absolute Gasteiger partial charge is 0.330 e. The van der Waals surface area contributed by atoms with Crippen LogP contribution in [0.15, 0.2) is 53.9 Å². The highest BCUT2D eigenvalue weighted by atomic mass is 32.1. The van der Waals surface area contributed by atoms with E-state index in [9.17, 15) is 0 Å². The molecule has 0 saturated heterocycles. The Morgan fingerprint density at radius 2 is 1.90 bits per heavy atom. The molecule has 0 fully saturated rings. The van der Waals surface area contributed by atoms with Gasteiger partial charge in [-0.05, 0) is 60.2 Å². The third-order valence-corrected chi connectivity index (χ3v) is 5.02. The molecule has 0 spiro atoms. The van der Waals surface area contributed by atoms with Crippen molar-refractivity contribution in [2.75, 3.05) is 6.54 Å². The summed E-state index contributed by atoms with van der Waals surface area (Å²) in [5.41, 5.74) is 10.2. The summed E-state index contributed by atoms with van der Waals surface area (Å²) in [4.78, 5) is 0. The Hall–Kier alpha value is -1.64. The van der Waals surface area contributed by atoms with Gasteiger partial charge in [-0.25, -0.2) is 0 Å². The van der Waals surface area contributed by atoms with E-state index in [4.69, 9.17) is 5.73 Å². The first-order valence-corrected chi connectivity index (χ1v) is 8.35. The molecule has 108 valence electrons. The predicted octanol–water partition coefficient (Wildman–Crippen LogP) is 4.57. The van der Waals surface area contributed by atoms with Crippen molar-refractivity contribution < 1.29 is 0 Å². The summed E-state index contributed by atoms with van der Waals surface area (Å²) in [5, 5.41) is 3.69. The van der Waals surface area contributed by atoms with Crippen LogP contribution in [0.5, 0.6) is 0 Å². The minimum atomic E-state index is 0.504. The van der Waals surface area contributed by atoms with Gasteiger partial charge in [-0.15, -0.1) is 11.3 Å². The maximum Gasteiger partial charge on any atom is 0.0345 e. The lowest BCUT2D eigenvalue weighted by atomic mass is 9.92. The molecule has 0 aliphatic rings. The van der Waals surface area contributed by atoms with E-state index in [-0.39, 0.29) is 0 Å². The van der Waals surface area contributed by atoms with Crippen LogP contribution in [0.4, 0.5) is 0 Å². The third-order valence-electron chi connectivity index (χ3n) is 4.01. The van der Waals surface area contributed by atoms with Gasteiger partial charge in [0.2, 0.25) is 0 Å². The van der Waals surface area contributed by atoms with E-state index < -0.39 is 0 Å². The molecule has 1 aromatic heterocycles. The Kier molecular flexibility index (Phi) is 4.37. The van der Waals surface area contributed by atoms with E-state index >= 15 is 0 Å². The summed E-state index contributed by atoms with van der Waals surface area (Å²) in [7, 11) is 0. The zero-order chi connectivity index (χ0) is 14.7. The van der Waals surface area contributed by atoms with E-state index in [1.54, 1.807) is 0 Å². The van der Waals surface area contributed by atoms with Crippen molar-refractivity contribution in [3.05, 3.63) is 70.6 Å². The summed E-state index contributed by atoms with van der Waals surface area (Å²) in [6.45, 7) is 2.88. The first-order valence-electron chi connectivity index (χ1n) is 7.47. The fourth-order valence-corrected chi connectivity index (χ4v) is 3.89.